The van der Waals surface area contributed by atoms with Crippen LogP contribution in [0.2, 0.25) is 0 Å². The fraction of sp³-hybridized carbons (Fsp3) is 0.417. The molecule has 0 amide bonds. The molecule has 8 nitrogen and oxygen atoms in total. The molecule has 0 unspecified atom stereocenters. The zero-order valence-electron chi connectivity index (χ0n) is 20.0. The number of hydrogen-bond donors (Lipinski definition) is 1. The van der Waals surface area contributed by atoms with Gasteiger partial charge in [0.25, 0.3) is 0 Å². The summed E-state index contributed by atoms with van der Waals surface area (Å²) in [5, 5.41) is 19.5. The molecule has 178 valence electrons. The quantitative estimate of drug-likeness (QED) is 0.314. The summed E-state index contributed by atoms with van der Waals surface area (Å²) in [6, 6.07) is 4.72. The van der Waals surface area contributed by atoms with Crippen molar-refractivity contribution in [1.29, 1.82) is 5.26 Å². The zero-order chi connectivity index (χ0) is 24.3. The first-order valence-corrected chi connectivity index (χ1v) is 13.1. The lowest BCUT2D eigenvalue weighted by Crippen LogP contribution is -2.60. The van der Waals surface area contributed by atoms with Gasteiger partial charge >= 0.3 is 0 Å². The number of allylic oxidation sites excluding steroid dienone is 1. The summed E-state index contributed by atoms with van der Waals surface area (Å²) in [7, 11) is 2.02. The Labute approximate surface area is 209 Å². The molecule has 0 spiro atoms. The summed E-state index contributed by atoms with van der Waals surface area (Å²) in [4.78, 5) is 11.7. The van der Waals surface area contributed by atoms with E-state index in [4.69, 9.17) is 9.97 Å². The molecule has 3 aromatic rings. The van der Waals surface area contributed by atoms with Gasteiger partial charge in [-0.25, -0.2) is 14.3 Å². The normalized spacial score (nSPS) is 15.8. The molecule has 0 atom stereocenters. The van der Waals surface area contributed by atoms with E-state index in [1.807, 2.05) is 41.8 Å². The number of fused-ring (bicyclic) bond motifs is 1. The third kappa shape index (κ3) is 4.82. The lowest BCUT2D eigenvalue weighted by atomic mass is 9.89. The number of nitriles is 1. The first-order valence-electron chi connectivity index (χ1n) is 11.3. The molecule has 0 aromatic carbocycles. The largest absolute Gasteiger partial charge is 0.376 e. The minimum absolute atomic E-state index is 0.294. The highest BCUT2D eigenvalue weighted by molar-refractivity contribution is 7.97. The highest BCUT2D eigenvalue weighted by atomic mass is 32.2. The monoisotopic (exact) mass is 494 g/mol. The number of hydrogen-bond acceptors (Lipinski definition) is 9. The summed E-state index contributed by atoms with van der Waals surface area (Å²) in [6.45, 7) is 11.9. The van der Waals surface area contributed by atoms with Gasteiger partial charge in [0, 0.05) is 49.9 Å². The second kappa shape index (κ2) is 10.2. The van der Waals surface area contributed by atoms with Crippen LogP contribution in [0.3, 0.4) is 0 Å². The van der Waals surface area contributed by atoms with Gasteiger partial charge in [0.05, 0.1) is 40.3 Å². The molecule has 1 N–H and O–H groups in total. The summed E-state index contributed by atoms with van der Waals surface area (Å²) in [5.74, 6) is 1.53. The van der Waals surface area contributed by atoms with Crippen molar-refractivity contribution >= 4 is 39.4 Å². The maximum absolute atomic E-state index is 9.46. The van der Waals surface area contributed by atoms with Gasteiger partial charge in [-0.05, 0) is 31.4 Å². The van der Waals surface area contributed by atoms with Crippen LogP contribution in [0.5, 0.6) is 0 Å². The van der Waals surface area contributed by atoms with Crippen LogP contribution >= 0.6 is 23.3 Å². The summed E-state index contributed by atoms with van der Waals surface area (Å²) in [5.41, 5.74) is 3.16. The second-order valence-corrected chi connectivity index (χ2v) is 10.9. The van der Waals surface area contributed by atoms with E-state index in [1.165, 1.54) is 0 Å². The number of nitrogens with one attached hydrogen (secondary N) is 1. The van der Waals surface area contributed by atoms with Crippen LogP contribution in [-0.2, 0) is 5.54 Å². The molecule has 10 heteroatoms. The van der Waals surface area contributed by atoms with E-state index in [1.54, 1.807) is 29.4 Å². The Kier molecular flexibility index (Phi) is 7.26. The van der Waals surface area contributed by atoms with Crippen molar-refractivity contribution in [2.75, 3.05) is 31.2 Å². The minimum Gasteiger partial charge on any atom is -0.376 e. The maximum atomic E-state index is 9.46. The molecule has 4 heterocycles. The predicted octanol–water partition coefficient (Wildman–Crippen LogP) is 4.93. The molecule has 0 bridgehead atoms. The van der Waals surface area contributed by atoms with Crippen LogP contribution in [0.4, 0.5) is 5.95 Å². The van der Waals surface area contributed by atoms with Crippen LogP contribution in [0, 0.1) is 11.3 Å². The molecule has 4 rings (SSSR count). The molecule has 34 heavy (non-hydrogen) atoms. The van der Waals surface area contributed by atoms with Crippen molar-refractivity contribution in [2.45, 2.75) is 38.8 Å². The van der Waals surface area contributed by atoms with Gasteiger partial charge in [-0.1, -0.05) is 25.5 Å². The van der Waals surface area contributed by atoms with E-state index in [9.17, 15) is 5.26 Å². The molecular weight excluding hydrogens is 464 g/mol. The van der Waals surface area contributed by atoms with Crippen molar-refractivity contribution in [3.05, 3.63) is 48.4 Å². The van der Waals surface area contributed by atoms with E-state index in [0.717, 1.165) is 46.0 Å². The number of anilines is 1. The fourth-order valence-electron chi connectivity index (χ4n) is 3.82. The van der Waals surface area contributed by atoms with Gasteiger partial charge in [0.1, 0.15) is 5.54 Å². The molecule has 0 radical (unpaired) electrons. The summed E-state index contributed by atoms with van der Waals surface area (Å²) in [6.07, 6.45) is 8.06. The Morgan fingerprint density at radius 2 is 2.24 bits per heavy atom. The van der Waals surface area contributed by atoms with E-state index < -0.39 is 0 Å². The average Bonchev–Trinajstić information content (AvgIpc) is 3.46. The Bertz CT molecular complexity index is 1230. The summed E-state index contributed by atoms with van der Waals surface area (Å²) >= 11 is 3.42. The van der Waals surface area contributed by atoms with Crippen molar-refractivity contribution < 1.29 is 0 Å². The van der Waals surface area contributed by atoms with E-state index in [2.05, 4.69) is 53.0 Å². The van der Waals surface area contributed by atoms with Gasteiger partial charge in [-0.2, -0.15) is 10.4 Å². The van der Waals surface area contributed by atoms with Crippen LogP contribution in [-0.4, -0.2) is 60.9 Å². The third-order valence-electron chi connectivity index (χ3n) is 5.94. The lowest BCUT2D eigenvalue weighted by Gasteiger charge is -2.48. The third-order valence-corrected chi connectivity index (χ3v) is 7.73. The Morgan fingerprint density at radius 1 is 1.44 bits per heavy atom. The van der Waals surface area contributed by atoms with Gasteiger partial charge < -0.3 is 10.2 Å². The van der Waals surface area contributed by atoms with E-state index >= 15 is 0 Å². The average molecular weight is 495 g/mol. The number of nitrogens with zero attached hydrogens (tertiary/aromatic N) is 7. The lowest BCUT2D eigenvalue weighted by molar-refractivity contribution is 0.0812. The SMILES string of the molecule is C=C/C(=C\N(C)C(C)C)Nc1nc(-c2cnn(C3(CC#N)CN(SCC)C3)c2)c2sccc2n1. The van der Waals surface area contributed by atoms with Gasteiger partial charge in [-0.15, -0.1) is 11.3 Å². The van der Waals surface area contributed by atoms with Gasteiger partial charge in [0.15, 0.2) is 0 Å². The molecule has 1 saturated heterocycles. The van der Waals surface area contributed by atoms with Crippen molar-refractivity contribution in [3.63, 3.8) is 0 Å². The highest BCUT2D eigenvalue weighted by Crippen LogP contribution is 2.38. The molecule has 0 aliphatic carbocycles. The van der Waals surface area contributed by atoms with Gasteiger partial charge in [-0.3, -0.25) is 4.68 Å². The Balaban J connectivity index is 1.67. The molecule has 1 aliphatic rings. The Morgan fingerprint density at radius 3 is 2.91 bits per heavy atom. The smallest absolute Gasteiger partial charge is 0.228 e. The summed E-state index contributed by atoms with van der Waals surface area (Å²) < 4.78 is 5.26. The predicted molar refractivity (Wildman–Crippen MR) is 141 cm³/mol. The number of aromatic nitrogens is 4. The molecule has 1 aliphatic heterocycles. The van der Waals surface area contributed by atoms with Crippen LogP contribution < -0.4 is 5.32 Å². The number of rotatable bonds is 10. The number of thiophene rings is 1. The molecule has 0 saturated carbocycles. The molecule has 3 aromatic heterocycles. The highest BCUT2D eigenvalue weighted by Gasteiger charge is 2.45. The zero-order valence-corrected chi connectivity index (χ0v) is 21.7. The van der Waals surface area contributed by atoms with Crippen LogP contribution in [0.1, 0.15) is 27.2 Å². The van der Waals surface area contributed by atoms with Gasteiger partial charge in [0.2, 0.25) is 5.95 Å². The minimum atomic E-state index is -0.294. The molecule has 1 fully saturated rings. The van der Waals surface area contributed by atoms with Crippen LogP contribution in [0.25, 0.3) is 21.5 Å². The Hall–Kier alpha value is -2.87. The van der Waals surface area contributed by atoms with Crippen LogP contribution in [0.15, 0.2) is 48.4 Å². The van der Waals surface area contributed by atoms with E-state index in [0.29, 0.717) is 18.4 Å². The first kappa shape index (κ1) is 24.3. The van der Waals surface area contributed by atoms with Crippen molar-refractivity contribution in [2.24, 2.45) is 0 Å². The molecular formula is C24H30N8S2. The maximum Gasteiger partial charge on any atom is 0.228 e. The fourth-order valence-corrected chi connectivity index (χ4v) is 5.69. The standard InChI is InChI=1S/C24H30N8S2/c1-6-19(14-30(5)17(3)4)27-23-28-20-8-11-33-22(20)21(29-23)18-12-26-32(13-18)24(9-10-25)15-31(16-24)34-7-2/h6,8,11-14,17H,1,7,9,15-16H2,2-5H3,(H,27,28,29)/b19-14+. The van der Waals surface area contributed by atoms with E-state index in [-0.39, 0.29) is 5.54 Å². The van der Waals surface area contributed by atoms with Crippen molar-refractivity contribution in [1.82, 2.24) is 29.0 Å². The second-order valence-electron chi connectivity index (χ2n) is 8.65. The first-order chi connectivity index (χ1) is 16.4. The topological polar surface area (TPSA) is 85.9 Å². The van der Waals surface area contributed by atoms with Crippen molar-refractivity contribution in [3.8, 4) is 17.3 Å².